The molecule has 0 aromatic heterocycles. The number of nitrogens with zero attached hydrogens (tertiary/aromatic N) is 2. The maximum Gasteiger partial charge on any atom is 0.410 e. The Balaban J connectivity index is 1.33. The van der Waals surface area contributed by atoms with Crippen molar-refractivity contribution in [2.75, 3.05) is 25.2 Å². The number of anilines is 1. The SMILES string of the molecule is CC[C@H](C1OCCCO1)C1C[C@H]2[C@@H]3N(C)c4ccccc4[C@]34CC(C1[C@H]4O[Si](C)(C)C)N2C(=O)OCc1ccccc1. The fraction of sp³-hybridized carbons (Fsp3) is 0.618. The van der Waals surface area contributed by atoms with Crippen LogP contribution in [-0.4, -0.2) is 70.1 Å². The van der Waals surface area contributed by atoms with Crippen molar-refractivity contribution in [2.24, 2.45) is 17.8 Å². The zero-order valence-electron chi connectivity index (χ0n) is 25.7. The minimum absolute atomic E-state index is 0.0125. The van der Waals surface area contributed by atoms with Crippen molar-refractivity contribution < 1.29 is 23.4 Å². The van der Waals surface area contributed by atoms with Gasteiger partial charge in [-0.05, 0) is 68.4 Å². The number of ether oxygens (including phenoxy) is 3. The molecule has 4 aliphatic heterocycles. The van der Waals surface area contributed by atoms with Gasteiger partial charge < -0.3 is 23.5 Å². The summed E-state index contributed by atoms with van der Waals surface area (Å²) in [6.45, 7) is 11.0. The summed E-state index contributed by atoms with van der Waals surface area (Å²) in [5, 5.41) is 0. The van der Waals surface area contributed by atoms with Crippen LogP contribution in [0, 0.1) is 17.8 Å². The highest BCUT2D eigenvalue weighted by Crippen LogP contribution is 2.67. The monoisotopic (exact) mass is 590 g/mol. The van der Waals surface area contributed by atoms with E-state index in [0.717, 1.165) is 44.5 Å². The highest BCUT2D eigenvalue weighted by atomic mass is 28.4. The fourth-order valence-electron chi connectivity index (χ4n) is 9.54. The van der Waals surface area contributed by atoms with E-state index in [2.05, 4.69) is 67.7 Å². The van der Waals surface area contributed by atoms with Crippen LogP contribution >= 0.6 is 0 Å². The summed E-state index contributed by atoms with van der Waals surface area (Å²) in [6.07, 6.45) is 3.36. The molecule has 226 valence electrons. The van der Waals surface area contributed by atoms with Crippen LogP contribution in [0.4, 0.5) is 10.5 Å². The molecule has 2 aromatic rings. The first kappa shape index (κ1) is 28.4. The van der Waals surface area contributed by atoms with Crippen molar-refractivity contribution in [3.05, 3.63) is 65.7 Å². The normalized spacial score (nSPS) is 34.3. The molecule has 1 spiro atoms. The molecule has 8 heteroatoms. The first-order chi connectivity index (χ1) is 20.2. The Kier molecular flexibility index (Phi) is 7.20. The molecule has 7 rings (SSSR count). The zero-order chi connectivity index (χ0) is 29.2. The third kappa shape index (κ3) is 4.35. The molecule has 3 saturated heterocycles. The average molecular weight is 591 g/mol. The molecule has 1 saturated carbocycles. The zero-order valence-corrected chi connectivity index (χ0v) is 26.7. The van der Waals surface area contributed by atoms with Gasteiger partial charge in [0.15, 0.2) is 14.6 Å². The summed E-state index contributed by atoms with van der Waals surface area (Å²) >= 11 is 0. The summed E-state index contributed by atoms with van der Waals surface area (Å²) in [6, 6.07) is 19.1. The Morgan fingerprint density at radius 2 is 1.76 bits per heavy atom. The quantitative estimate of drug-likeness (QED) is 0.359. The van der Waals surface area contributed by atoms with E-state index in [1.165, 1.54) is 11.3 Å². The van der Waals surface area contributed by atoms with Crippen LogP contribution < -0.4 is 4.90 Å². The van der Waals surface area contributed by atoms with Gasteiger partial charge in [-0.3, -0.25) is 4.90 Å². The second-order valence-electron chi connectivity index (χ2n) is 14.1. The number of fused-ring (bicyclic) bond motifs is 3. The maximum atomic E-state index is 14.2. The van der Waals surface area contributed by atoms with Crippen molar-refractivity contribution >= 4 is 20.1 Å². The van der Waals surface area contributed by atoms with E-state index < -0.39 is 8.32 Å². The van der Waals surface area contributed by atoms with Crippen LogP contribution in [-0.2, 0) is 30.7 Å². The highest BCUT2D eigenvalue weighted by molar-refractivity contribution is 6.69. The lowest BCUT2D eigenvalue weighted by atomic mass is 9.67. The standard InChI is InChI=1S/C34H46N2O5Si/c1-6-23(32-38-17-12-18-39-32)24-19-27-30-34(25-15-10-11-16-26(25)35(30)2)20-28(29(24)31(34)41-42(3,4)5)36(27)33(37)40-21-22-13-8-7-9-14-22/h7-11,13-16,23-24,27-32H,6,12,17-21H2,1-5H3/t23-,24?,27-,28?,29?,30-,31+,34+/m0/s1. The van der Waals surface area contributed by atoms with Crippen LogP contribution in [0.25, 0.3) is 0 Å². The van der Waals surface area contributed by atoms with Crippen molar-refractivity contribution in [3.63, 3.8) is 0 Å². The predicted octanol–water partition coefficient (Wildman–Crippen LogP) is 6.18. The Labute approximate surface area is 251 Å². The van der Waals surface area contributed by atoms with Gasteiger partial charge in [-0.2, -0.15) is 0 Å². The molecule has 1 amide bonds. The van der Waals surface area contributed by atoms with E-state index in [1.807, 2.05) is 30.3 Å². The van der Waals surface area contributed by atoms with Gasteiger partial charge in [-0.25, -0.2) is 4.79 Å². The van der Waals surface area contributed by atoms with Crippen molar-refractivity contribution in [2.45, 2.75) is 94.8 Å². The number of piperidine rings is 2. The fourth-order valence-corrected chi connectivity index (χ4v) is 10.7. The van der Waals surface area contributed by atoms with Crippen molar-refractivity contribution in [1.82, 2.24) is 4.90 Å². The van der Waals surface area contributed by atoms with Gasteiger partial charge >= 0.3 is 6.09 Å². The average Bonchev–Trinajstić information content (AvgIpc) is 3.37. The lowest BCUT2D eigenvalue weighted by molar-refractivity contribution is -0.223. The van der Waals surface area contributed by atoms with E-state index in [-0.39, 0.29) is 60.5 Å². The molecule has 7 nitrogen and oxygen atoms in total. The number of hydrogen-bond donors (Lipinski definition) is 0. The molecule has 4 fully saturated rings. The van der Waals surface area contributed by atoms with E-state index >= 15 is 0 Å². The number of hydrogen-bond acceptors (Lipinski definition) is 6. The maximum absolute atomic E-state index is 14.2. The predicted molar refractivity (Wildman–Crippen MR) is 165 cm³/mol. The Morgan fingerprint density at radius 1 is 1.05 bits per heavy atom. The summed E-state index contributed by atoms with van der Waals surface area (Å²) in [4.78, 5) is 18.8. The van der Waals surface area contributed by atoms with Crippen LogP contribution in [0.2, 0.25) is 19.6 Å². The number of benzene rings is 2. The first-order valence-corrected chi connectivity index (χ1v) is 19.4. The molecule has 0 N–H and O–H groups in total. The smallest absolute Gasteiger partial charge is 0.410 e. The summed E-state index contributed by atoms with van der Waals surface area (Å²) < 4.78 is 26.0. The lowest BCUT2D eigenvalue weighted by Crippen LogP contribution is -2.67. The molecule has 1 aliphatic carbocycles. The molecule has 3 bridgehead atoms. The third-order valence-electron chi connectivity index (χ3n) is 10.8. The second-order valence-corrected chi connectivity index (χ2v) is 18.5. The molecule has 42 heavy (non-hydrogen) atoms. The molecule has 2 aromatic carbocycles. The van der Waals surface area contributed by atoms with Crippen LogP contribution in [0.5, 0.6) is 0 Å². The lowest BCUT2D eigenvalue weighted by Gasteiger charge is -2.55. The van der Waals surface area contributed by atoms with Crippen LogP contribution in [0.3, 0.4) is 0 Å². The topological polar surface area (TPSA) is 60.5 Å². The molecular weight excluding hydrogens is 544 g/mol. The number of rotatable bonds is 7. The second kappa shape index (κ2) is 10.6. The van der Waals surface area contributed by atoms with Gasteiger partial charge in [0.2, 0.25) is 0 Å². The molecule has 0 radical (unpaired) electrons. The van der Waals surface area contributed by atoms with Crippen molar-refractivity contribution in [3.8, 4) is 0 Å². The van der Waals surface area contributed by atoms with Crippen molar-refractivity contribution in [1.29, 1.82) is 0 Å². The van der Waals surface area contributed by atoms with E-state index in [4.69, 9.17) is 18.6 Å². The van der Waals surface area contributed by atoms with E-state index in [1.54, 1.807) is 0 Å². The number of likely N-dealkylation sites (N-methyl/N-ethyl adjacent to an activating group) is 1. The largest absolute Gasteiger partial charge is 0.445 e. The Hall–Kier alpha value is -2.39. The van der Waals surface area contributed by atoms with Gasteiger partial charge in [-0.1, -0.05) is 55.5 Å². The molecule has 3 unspecified atom stereocenters. The van der Waals surface area contributed by atoms with Crippen LogP contribution in [0.1, 0.15) is 43.7 Å². The summed E-state index contributed by atoms with van der Waals surface area (Å²) in [7, 11) is 0.257. The molecule has 4 heterocycles. The van der Waals surface area contributed by atoms with E-state index in [0.29, 0.717) is 5.92 Å². The van der Waals surface area contributed by atoms with Gasteiger partial charge in [0.25, 0.3) is 0 Å². The van der Waals surface area contributed by atoms with Gasteiger partial charge in [0.1, 0.15) is 6.61 Å². The minimum atomic E-state index is -1.97. The molecule has 8 atom stereocenters. The number of carbonyl (C=O) groups excluding carboxylic acids is 1. The van der Waals surface area contributed by atoms with E-state index in [9.17, 15) is 4.79 Å². The molecular formula is C34H46N2O5Si. The summed E-state index contributed by atoms with van der Waals surface area (Å²) in [5.41, 5.74) is 3.52. The number of amides is 1. The molecule has 5 aliphatic rings. The minimum Gasteiger partial charge on any atom is -0.445 e. The first-order valence-electron chi connectivity index (χ1n) is 16.0. The Bertz CT molecular complexity index is 1300. The number of carbonyl (C=O) groups is 1. The van der Waals surface area contributed by atoms with Crippen LogP contribution in [0.15, 0.2) is 54.6 Å². The van der Waals surface area contributed by atoms with Gasteiger partial charge in [-0.15, -0.1) is 0 Å². The van der Waals surface area contributed by atoms with Gasteiger partial charge in [0, 0.05) is 36.0 Å². The number of para-hydroxylation sites is 1. The third-order valence-corrected chi connectivity index (χ3v) is 11.7. The van der Waals surface area contributed by atoms with Gasteiger partial charge in [0.05, 0.1) is 31.4 Å². The summed E-state index contributed by atoms with van der Waals surface area (Å²) in [5.74, 6) is 0.768. The Morgan fingerprint density at radius 3 is 2.48 bits per heavy atom. The highest BCUT2D eigenvalue weighted by Gasteiger charge is 2.75.